The number of anilines is 1. The molecule has 1 unspecified atom stereocenters. The van der Waals surface area contributed by atoms with Crippen LogP contribution < -0.4 is 5.32 Å². The summed E-state index contributed by atoms with van der Waals surface area (Å²) in [6.45, 7) is 1.93. The minimum Gasteiger partial charge on any atom is -0.368 e. The molecule has 0 aromatic heterocycles. The standard InChI is InChI=1S/C15H12BrNO/c1-15(10-6-3-2-4-7-10)14(18)11-8-5-9-12(16)13(11)17-15/h2-9,17H,1H3. The monoisotopic (exact) mass is 301 g/mol. The molecule has 2 nitrogen and oxygen atoms in total. The van der Waals surface area contributed by atoms with E-state index < -0.39 is 5.54 Å². The van der Waals surface area contributed by atoms with Crippen LogP contribution in [0.3, 0.4) is 0 Å². The summed E-state index contributed by atoms with van der Waals surface area (Å²) in [5.74, 6) is 0.116. The summed E-state index contributed by atoms with van der Waals surface area (Å²) in [5, 5.41) is 3.35. The fourth-order valence-electron chi connectivity index (χ4n) is 2.39. The fourth-order valence-corrected chi connectivity index (χ4v) is 2.86. The highest BCUT2D eigenvalue weighted by atomic mass is 79.9. The summed E-state index contributed by atoms with van der Waals surface area (Å²) >= 11 is 3.48. The van der Waals surface area contributed by atoms with Gasteiger partial charge in [-0.2, -0.15) is 0 Å². The van der Waals surface area contributed by atoms with Crippen molar-refractivity contribution in [3.8, 4) is 0 Å². The van der Waals surface area contributed by atoms with Gasteiger partial charge in [-0.15, -0.1) is 0 Å². The first kappa shape index (κ1) is 11.5. The number of hydrogen-bond donors (Lipinski definition) is 1. The Morgan fingerprint density at radius 3 is 2.44 bits per heavy atom. The molecule has 1 aliphatic rings. The number of carbonyl (C=O) groups is 1. The number of ketones is 1. The van der Waals surface area contributed by atoms with Crippen molar-refractivity contribution in [1.29, 1.82) is 0 Å². The number of rotatable bonds is 1. The highest BCUT2D eigenvalue weighted by molar-refractivity contribution is 9.10. The minimum absolute atomic E-state index is 0.116. The van der Waals surface area contributed by atoms with Crippen LogP contribution in [0.4, 0.5) is 5.69 Å². The normalized spacial score (nSPS) is 21.6. The fraction of sp³-hybridized carbons (Fsp3) is 0.133. The molecule has 18 heavy (non-hydrogen) atoms. The Morgan fingerprint density at radius 2 is 1.78 bits per heavy atom. The Labute approximate surface area is 114 Å². The van der Waals surface area contributed by atoms with Crippen LogP contribution in [0.25, 0.3) is 0 Å². The third-order valence-electron chi connectivity index (χ3n) is 3.44. The molecule has 1 N–H and O–H groups in total. The molecule has 0 fully saturated rings. The van der Waals surface area contributed by atoms with Crippen molar-refractivity contribution >= 4 is 27.4 Å². The Hall–Kier alpha value is -1.61. The molecule has 0 radical (unpaired) electrons. The average molecular weight is 302 g/mol. The molecule has 0 saturated carbocycles. The van der Waals surface area contributed by atoms with Gasteiger partial charge in [-0.05, 0) is 40.5 Å². The Bertz CT molecular complexity index is 624. The summed E-state index contributed by atoms with van der Waals surface area (Å²) < 4.78 is 0.924. The van der Waals surface area contributed by atoms with Crippen molar-refractivity contribution in [3.63, 3.8) is 0 Å². The van der Waals surface area contributed by atoms with Crippen molar-refractivity contribution < 1.29 is 4.79 Å². The van der Waals surface area contributed by atoms with Crippen LogP contribution in [0.2, 0.25) is 0 Å². The maximum absolute atomic E-state index is 12.6. The van der Waals surface area contributed by atoms with E-state index in [0.29, 0.717) is 0 Å². The second-order valence-electron chi connectivity index (χ2n) is 4.61. The van der Waals surface area contributed by atoms with Crippen LogP contribution in [-0.4, -0.2) is 5.78 Å². The molecule has 0 aliphatic carbocycles. The molecule has 0 amide bonds. The van der Waals surface area contributed by atoms with Crippen LogP contribution in [-0.2, 0) is 5.54 Å². The van der Waals surface area contributed by atoms with Gasteiger partial charge in [0.2, 0.25) is 0 Å². The van der Waals surface area contributed by atoms with Crippen LogP contribution in [0.1, 0.15) is 22.8 Å². The molecule has 0 spiro atoms. The quantitative estimate of drug-likeness (QED) is 0.863. The lowest BCUT2D eigenvalue weighted by Gasteiger charge is -2.24. The Kier molecular flexibility index (Phi) is 2.52. The third kappa shape index (κ3) is 1.51. The van der Waals surface area contributed by atoms with Crippen LogP contribution in [0, 0.1) is 0 Å². The van der Waals surface area contributed by atoms with Gasteiger partial charge in [-0.25, -0.2) is 0 Å². The first-order valence-electron chi connectivity index (χ1n) is 5.80. The van der Waals surface area contributed by atoms with Gasteiger partial charge in [0.1, 0.15) is 5.54 Å². The predicted molar refractivity (Wildman–Crippen MR) is 75.9 cm³/mol. The molecule has 3 heteroatoms. The van der Waals surface area contributed by atoms with E-state index >= 15 is 0 Å². The number of halogens is 1. The lowest BCUT2D eigenvalue weighted by atomic mass is 9.88. The number of carbonyl (C=O) groups excluding carboxylic acids is 1. The molecular weight excluding hydrogens is 290 g/mol. The summed E-state index contributed by atoms with van der Waals surface area (Å²) in [4.78, 5) is 12.6. The number of Topliss-reactive ketones (excluding diaryl/α,β-unsaturated/α-hetero) is 1. The largest absolute Gasteiger partial charge is 0.368 e. The smallest absolute Gasteiger partial charge is 0.194 e. The maximum Gasteiger partial charge on any atom is 0.194 e. The number of benzene rings is 2. The van der Waals surface area contributed by atoms with Crippen LogP contribution in [0.15, 0.2) is 53.0 Å². The van der Waals surface area contributed by atoms with E-state index in [0.717, 1.165) is 21.3 Å². The second-order valence-corrected chi connectivity index (χ2v) is 5.46. The van der Waals surface area contributed by atoms with Gasteiger partial charge >= 0.3 is 0 Å². The molecule has 90 valence electrons. The van der Waals surface area contributed by atoms with Gasteiger partial charge in [0, 0.05) is 10.0 Å². The zero-order chi connectivity index (χ0) is 12.8. The molecule has 0 saturated heterocycles. The molecule has 0 bridgehead atoms. The van der Waals surface area contributed by atoms with Gasteiger partial charge in [0.05, 0.1) is 5.69 Å². The zero-order valence-corrected chi connectivity index (χ0v) is 11.5. The summed E-state index contributed by atoms with van der Waals surface area (Å²) in [7, 11) is 0. The molecule has 3 rings (SSSR count). The number of para-hydroxylation sites is 1. The molecule has 2 aromatic rings. The van der Waals surface area contributed by atoms with E-state index in [1.807, 2.05) is 55.5 Å². The minimum atomic E-state index is -0.673. The molecule has 2 aromatic carbocycles. The van der Waals surface area contributed by atoms with E-state index in [9.17, 15) is 4.79 Å². The van der Waals surface area contributed by atoms with Crippen LogP contribution >= 0.6 is 15.9 Å². The van der Waals surface area contributed by atoms with Gasteiger partial charge in [-0.1, -0.05) is 36.4 Å². The maximum atomic E-state index is 12.6. The van der Waals surface area contributed by atoms with Crippen molar-refractivity contribution in [2.45, 2.75) is 12.5 Å². The van der Waals surface area contributed by atoms with E-state index in [1.54, 1.807) is 0 Å². The second kappa shape index (κ2) is 3.95. The van der Waals surface area contributed by atoms with Gasteiger partial charge in [-0.3, -0.25) is 4.79 Å². The molecule has 1 heterocycles. The van der Waals surface area contributed by atoms with E-state index in [-0.39, 0.29) is 5.78 Å². The molecular formula is C15H12BrNO. The van der Waals surface area contributed by atoms with Crippen molar-refractivity contribution in [2.24, 2.45) is 0 Å². The summed E-state index contributed by atoms with van der Waals surface area (Å²) in [5.41, 5.74) is 1.94. The first-order chi connectivity index (χ1) is 8.63. The lowest BCUT2D eigenvalue weighted by Crippen LogP contribution is -2.34. The number of hydrogen-bond acceptors (Lipinski definition) is 2. The Balaban J connectivity index is 2.15. The van der Waals surface area contributed by atoms with E-state index in [2.05, 4.69) is 21.2 Å². The zero-order valence-electron chi connectivity index (χ0n) is 9.91. The van der Waals surface area contributed by atoms with Crippen LogP contribution in [0.5, 0.6) is 0 Å². The number of nitrogens with one attached hydrogen (secondary N) is 1. The highest BCUT2D eigenvalue weighted by Crippen LogP contribution is 2.42. The van der Waals surface area contributed by atoms with Crippen molar-refractivity contribution in [3.05, 3.63) is 64.1 Å². The van der Waals surface area contributed by atoms with Crippen molar-refractivity contribution in [1.82, 2.24) is 0 Å². The van der Waals surface area contributed by atoms with Gasteiger partial charge in [0.25, 0.3) is 0 Å². The summed E-state index contributed by atoms with van der Waals surface area (Å²) in [6.07, 6.45) is 0. The van der Waals surface area contributed by atoms with E-state index in [1.165, 1.54) is 0 Å². The topological polar surface area (TPSA) is 29.1 Å². The first-order valence-corrected chi connectivity index (χ1v) is 6.59. The lowest BCUT2D eigenvalue weighted by molar-refractivity contribution is 0.0928. The summed E-state index contributed by atoms with van der Waals surface area (Å²) in [6, 6.07) is 15.5. The molecule has 1 atom stereocenters. The van der Waals surface area contributed by atoms with E-state index in [4.69, 9.17) is 0 Å². The van der Waals surface area contributed by atoms with Gasteiger partial charge in [0.15, 0.2) is 5.78 Å². The predicted octanol–water partition coefficient (Wildman–Crippen LogP) is 3.97. The number of fused-ring (bicyclic) bond motifs is 1. The molecule has 1 aliphatic heterocycles. The Morgan fingerprint density at radius 1 is 1.06 bits per heavy atom. The van der Waals surface area contributed by atoms with Crippen molar-refractivity contribution in [2.75, 3.05) is 5.32 Å². The third-order valence-corrected chi connectivity index (χ3v) is 4.10. The average Bonchev–Trinajstić information content (AvgIpc) is 2.67. The van der Waals surface area contributed by atoms with Gasteiger partial charge < -0.3 is 5.32 Å². The highest BCUT2D eigenvalue weighted by Gasteiger charge is 2.43. The SMILES string of the molecule is CC1(c2ccccc2)Nc2c(Br)cccc2C1=O.